The van der Waals surface area contributed by atoms with Crippen molar-refractivity contribution in [2.24, 2.45) is 0 Å². The van der Waals surface area contributed by atoms with Gasteiger partial charge in [0.2, 0.25) is 0 Å². The van der Waals surface area contributed by atoms with Crippen LogP contribution in [0.1, 0.15) is 49.3 Å². The predicted molar refractivity (Wildman–Crippen MR) is 83.5 cm³/mol. The first kappa shape index (κ1) is 13.9. The van der Waals surface area contributed by atoms with Crippen LogP contribution in [0.2, 0.25) is 0 Å². The molecule has 0 unspecified atom stereocenters. The maximum absolute atomic E-state index is 2.30. The summed E-state index contributed by atoms with van der Waals surface area (Å²) in [5.41, 5.74) is 4.43. The Labute approximate surface area is 117 Å². The Bertz CT molecular complexity index is 470. The molecule has 0 atom stereocenters. The summed E-state index contributed by atoms with van der Waals surface area (Å²) in [7, 11) is 0. The molecule has 0 heterocycles. The molecule has 0 aliphatic rings. The Morgan fingerprint density at radius 2 is 1.37 bits per heavy atom. The van der Waals surface area contributed by atoms with E-state index in [1.807, 2.05) is 0 Å². The van der Waals surface area contributed by atoms with Gasteiger partial charge in [0.05, 0.1) is 0 Å². The van der Waals surface area contributed by atoms with Gasteiger partial charge in [-0.2, -0.15) is 0 Å². The minimum atomic E-state index is 1.06. The topological polar surface area (TPSA) is 0 Å². The first-order valence-corrected chi connectivity index (χ1v) is 7.51. The van der Waals surface area contributed by atoms with Gasteiger partial charge in [-0.1, -0.05) is 80.8 Å². The molecule has 2 rings (SSSR count). The van der Waals surface area contributed by atoms with Crippen molar-refractivity contribution >= 4 is 0 Å². The lowest BCUT2D eigenvalue weighted by molar-refractivity contribution is 0.665. The normalized spacial score (nSPS) is 10.6. The van der Waals surface area contributed by atoms with Crippen LogP contribution in [0.15, 0.2) is 54.6 Å². The molecule has 0 aliphatic heterocycles. The smallest absolute Gasteiger partial charge is 0.00230 e. The second-order valence-corrected chi connectivity index (χ2v) is 5.24. The maximum atomic E-state index is 2.30. The van der Waals surface area contributed by atoms with Crippen LogP contribution in [0.25, 0.3) is 0 Å². The number of benzene rings is 2. The standard InChI is InChI=1S/C19H24/c1-2-3-4-8-13-18-14-9-10-15-19(18)16-17-11-6-5-7-12-17/h5-7,9-12,14-15H,2-4,8,13,16H2,1H3. The minimum absolute atomic E-state index is 1.06. The summed E-state index contributed by atoms with van der Waals surface area (Å²) in [6, 6.07) is 19.7. The van der Waals surface area contributed by atoms with Crippen LogP contribution in [0.3, 0.4) is 0 Å². The van der Waals surface area contributed by atoms with E-state index in [1.54, 1.807) is 0 Å². The van der Waals surface area contributed by atoms with Gasteiger partial charge in [0.15, 0.2) is 0 Å². The van der Waals surface area contributed by atoms with Crippen molar-refractivity contribution in [3.8, 4) is 0 Å². The van der Waals surface area contributed by atoms with Crippen molar-refractivity contribution in [3.63, 3.8) is 0 Å². The SMILES string of the molecule is CCCCCCc1ccccc1Cc1ccccc1. The fourth-order valence-corrected chi connectivity index (χ4v) is 2.53. The fourth-order valence-electron chi connectivity index (χ4n) is 2.53. The monoisotopic (exact) mass is 252 g/mol. The highest BCUT2D eigenvalue weighted by atomic mass is 14.1. The molecule has 100 valence electrons. The lowest BCUT2D eigenvalue weighted by atomic mass is 9.96. The number of hydrogen-bond acceptors (Lipinski definition) is 0. The molecule has 0 aromatic heterocycles. The van der Waals surface area contributed by atoms with E-state index in [9.17, 15) is 0 Å². The average molecular weight is 252 g/mol. The second-order valence-electron chi connectivity index (χ2n) is 5.24. The average Bonchev–Trinajstić information content (AvgIpc) is 2.46. The first-order valence-electron chi connectivity index (χ1n) is 7.51. The highest BCUT2D eigenvalue weighted by Crippen LogP contribution is 2.17. The molecule has 0 spiro atoms. The zero-order chi connectivity index (χ0) is 13.3. The molecule has 0 fully saturated rings. The number of unbranched alkanes of at least 4 members (excludes halogenated alkanes) is 3. The summed E-state index contributed by atoms with van der Waals surface area (Å²) in [6.07, 6.45) is 7.64. The van der Waals surface area contributed by atoms with Crippen LogP contribution < -0.4 is 0 Å². The van der Waals surface area contributed by atoms with Crippen LogP contribution in [0, 0.1) is 0 Å². The third-order valence-electron chi connectivity index (χ3n) is 3.66. The Morgan fingerprint density at radius 3 is 2.11 bits per heavy atom. The van der Waals surface area contributed by atoms with E-state index in [0.29, 0.717) is 0 Å². The Hall–Kier alpha value is -1.56. The molecule has 0 saturated carbocycles. The van der Waals surface area contributed by atoms with Crippen molar-refractivity contribution in [2.45, 2.75) is 45.4 Å². The molecular weight excluding hydrogens is 228 g/mol. The first-order chi connectivity index (χ1) is 9.40. The van der Waals surface area contributed by atoms with E-state index < -0.39 is 0 Å². The summed E-state index contributed by atoms with van der Waals surface area (Å²) >= 11 is 0. The lowest BCUT2D eigenvalue weighted by Gasteiger charge is -2.09. The van der Waals surface area contributed by atoms with Crippen LogP contribution in [-0.2, 0) is 12.8 Å². The molecule has 0 aliphatic carbocycles. The minimum Gasteiger partial charge on any atom is -0.0654 e. The second kappa shape index (κ2) is 7.78. The number of hydrogen-bond donors (Lipinski definition) is 0. The Morgan fingerprint density at radius 1 is 0.684 bits per heavy atom. The predicted octanol–water partition coefficient (Wildman–Crippen LogP) is 5.40. The third kappa shape index (κ3) is 4.55. The van der Waals surface area contributed by atoms with E-state index in [4.69, 9.17) is 0 Å². The van der Waals surface area contributed by atoms with Gasteiger partial charge in [0.25, 0.3) is 0 Å². The van der Waals surface area contributed by atoms with Gasteiger partial charge in [0, 0.05) is 0 Å². The van der Waals surface area contributed by atoms with Crippen molar-refractivity contribution in [1.82, 2.24) is 0 Å². The largest absolute Gasteiger partial charge is 0.0654 e. The molecule has 0 N–H and O–H groups in total. The third-order valence-corrected chi connectivity index (χ3v) is 3.66. The lowest BCUT2D eigenvalue weighted by Crippen LogP contribution is -1.96. The van der Waals surface area contributed by atoms with Crippen LogP contribution in [0.4, 0.5) is 0 Å². The van der Waals surface area contributed by atoms with E-state index in [0.717, 1.165) is 6.42 Å². The van der Waals surface area contributed by atoms with E-state index >= 15 is 0 Å². The molecule has 2 aromatic rings. The van der Waals surface area contributed by atoms with Gasteiger partial charge in [-0.3, -0.25) is 0 Å². The molecule has 0 saturated heterocycles. The van der Waals surface area contributed by atoms with Crippen LogP contribution >= 0.6 is 0 Å². The fraction of sp³-hybridized carbons (Fsp3) is 0.368. The molecule has 19 heavy (non-hydrogen) atoms. The zero-order valence-corrected chi connectivity index (χ0v) is 11.9. The van der Waals surface area contributed by atoms with Gasteiger partial charge in [-0.15, -0.1) is 0 Å². The van der Waals surface area contributed by atoms with Gasteiger partial charge in [0.1, 0.15) is 0 Å². The summed E-state index contributed by atoms with van der Waals surface area (Å²) in [5, 5.41) is 0. The highest BCUT2D eigenvalue weighted by molar-refractivity contribution is 5.32. The van der Waals surface area contributed by atoms with Gasteiger partial charge in [-0.05, 0) is 36.0 Å². The van der Waals surface area contributed by atoms with Crippen LogP contribution in [-0.4, -0.2) is 0 Å². The Balaban J connectivity index is 2.00. The van der Waals surface area contributed by atoms with Gasteiger partial charge >= 0.3 is 0 Å². The maximum Gasteiger partial charge on any atom is -0.00230 e. The number of aryl methyl sites for hydroxylation is 1. The molecular formula is C19H24. The van der Waals surface area contributed by atoms with Crippen LogP contribution in [0.5, 0.6) is 0 Å². The van der Waals surface area contributed by atoms with E-state index in [-0.39, 0.29) is 0 Å². The van der Waals surface area contributed by atoms with Crippen molar-refractivity contribution in [1.29, 1.82) is 0 Å². The molecule has 0 bridgehead atoms. The molecule has 2 aromatic carbocycles. The number of rotatable bonds is 7. The molecule has 0 nitrogen and oxygen atoms in total. The molecule has 0 heteroatoms. The Kier molecular flexibility index (Phi) is 5.68. The van der Waals surface area contributed by atoms with Crippen molar-refractivity contribution in [3.05, 3.63) is 71.3 Å². The summed E-state index contributed by atoms with van der Waals surface area (Å²) in [6.45, 7) is 2.27. The zero-order valence-electron chi connectivity index (χ0n) is 11.9. The molecule has 0 radical (unpaired) electrons. The van der Waals surface area contributed by atoms with Crippen molar-refractivity contribution in [2.75, 3.05) is 0 Å². The van der Waals surface area contributed by atoms with Gasteiger partial charge in [-0.25, -0.2) is 0 Å². The summed E-state index contributed by atoms with van der Waals surface area (Å²) in [5.74, 6) is 0. The van der Waals surface area contributed by atoms with E-state index in [2.05, 4.69) is 61.5 Å². The molecule has 0 amide bonds. The highest BCUT2D eigenvalue weighted by Gasteiger charge is 2.02. The quantitative estimate of drug-likeness (QED) is 0.579. The van der Waals surface area contributed by atoms with E-state index in [1.165, 1.54) is 48.8 Å². The van der Waals surface area contributed by atoms with Crippen molar-refractivity contribution < 1.29 is 0 Å². The summed E-state index contributed by atoms with van der Waals surface area (Å²) in [4.78, 5) is 0. The summed E-state index contributed by atoms with van der Waals surface area (Å²) < 4.78 is 0. The van der Waals surface area contributed by atoms with Gasteiger partial charge < -0.3 is 0 Å².